The lowest BCUT2D eigenvalue weighted by molar-refractivity contribution is -0.385. The first-order chi connectivity index (χ1) is 13.0. The lowest BCUT2D eigenvalue weighted by Crippen LogP contribution is -2.20. The Labute approximate surface area is 162 Å². The third-order valence-corrected chi connectivity index (χ3v) is 4.64. The molecule has 3 aromatic rings. The van der Waals surface area contributed by atoms with Gasteiger partial charge in [0.2, 0.25) is 11.7 Å². The SMILES string of the molecule is O=C(Cc1ccc(Br)c2ccccc12)N/N=C\c1cccc([N+](=O)[O-])c1O. The number of para-hydroxylation sites is 1. The molecule has 27 heavy (non-hydrogen) atoms. The number of carbonyl (C=O) groups excluding carboxylic acids is 1. The molecular weight excluding hydrogens is 414 g/mol. The second kappa shape index (κ2) is 7.96. The monoisotopic (exact) mass is 427 g/mol. The van der Waals surface area contributed by atoms with E-state index in [0.29, 0.717) is 0 Å². The second-order valence-corrected chi connectivity index (χ2v) is 6.55. The van der Waals surface area contributed by atoms with E-state index in [1.807, 2.05) is 36.4 Å². The van der Waals surface area contributed by atoms with Gasteiger partial charge in [0.25, 0.3) is 0 Å². The highest BCUT2D eigenvalue weighted by Crippen LogP contribution is 2.28. The van der Waals surface area contributed by atoms with Crippen molar-refractivity contribution in [3.63, 3.8) is 0 Å². The summed E-state index contributed by atoms with van der Waals surface area (Å²) in [4.78, 5) is 22.3. The summed E-state index contributed by atoms with van der Waals surface area (Å²) in [5.41, 5.74) is 2.93. The summed E-state index contributed by atoms with van der Waals surface area (Å²) < 4.78 is 0.946. The van der Waals surface area contributed by atoms with Crippen molar-refractivity contribution < 1.29 is 14.8 Å². The Kier molecular flexibility index (Phi) is 5.46. The number of aromatic hydroxyl groups is 1. The van der Waals surface area contributed by atoms with Crippen molar-refractivity contribution in [3.05, 3.63) is 80.3 Å². The molecule has 0 spiro atoms. The molecule has 0 bridgehead atoms. The molecule has 2 N–H and O–H groups in total. The fourth-order valence-electron chi connectivity index (χ4n) is 2.67. The maximum Gasteiger partial charge on any atom is 0.311 e. The highest BCUT2D eigenvalue weighted by atomic mass is 79.9. The predicted molar refractivity (Wildman–Crippen MR) is 106 cm³/mol. The predicted octanol–water partition coefficient (Wildman–Crippen LogP) is 3.91. The summed E-state index contributed by atoms with van der Waals surface area (Å²) in [7, 11) is 0. The van der Waals surface area contributed by atoms with Crippen molar-refractivity contribution in [3.8, 4) is 5.75 Å². The zero-order valence-electron chi connectivity index (χ0n) is 13.9. The van der Waals surface area contributed by atoms with Gasteiger partial charge in [0.1, 0.15) is 0 Å². The molecule has 0 atom stereocenters. The number of nitrogens with zero attached hydrogens (tertiary/aromatic N) is 2. The van der Waals surface area contributed by atoms with Crippen LogP contribution in [0.5, 0.6) is 5.75 Å². The molecule has 0 saturated heterocycles. The molecule has 3 aromatic carbocycles. The molecule has 0 saturated carbocycles. The lowest BCUT2D eigenvalue weighted by Gasteiger charge is -2.07. The minimum Gasteiger partial charge on any atom is -0.502 e. The van der Waals surface area contributed by atoms with E-state index >= 15 is 0 Å². The summed E-state index contributed by atoms with van der Waals surface area (Å²) in [6.45, 7) is 0. The Hall–Kier alpha value is -3.26. The number of benzene rings is 3. The summed E-state index contributed by atoms with van der Waals surface area (Å²) in [5.74, 6) is -0.844. The molecule has 0 aliphatic heterocycles. The number of nitrogens with one attached hydrogen (secondary N) is 1. The fraction of sp³-hybridized carbons (Fsp3) is 0.0526. The molecule has 7 nitrogen and oxygen atoms in total. The van der Waals surface area contributed by atoms with Gasteiger partial charge < -0.3 is 5.11 Å². The molecule has 0 aliphatic carbocycles. The van der Waals surface area contributed by atoms with E-state index in [2.05, 4.69) is 26.5 Å². The molecular formula is C19H14BrN3O4. The lowest BCUT2D eigenvalue weighted by atomic mass is 10.0. The van der Waals surface area contributed by atoms with Crippen LogP contribution in [0.25, 0.3) is 10.8 Å². The molecule has 136 valence electrons. The van der Waals surface area contributed by atoms with E-state index in [-0.39, 0.29) is 17.9 Å². The molecule has 3 rings (SSSR count). The van der Waals surface area contributed by atoms with Crippen molar-refractivity contribution in [2.75, 3.05) is 0 Å². The maximum atomic E-state index is 12.2. The summed E-state index contributed by atoms with van der Waals surface area (Å²) in [6, 6.07) is 15.5. The number of fused-ring (bicyclic) bond motifs is 1. The van der Waals surface area contributed by atoms with E-state index in [1.54, 1.807) is 0 Å². The van der Waals surface area contributed by atoms with Gasteiger partial charge in [-0.2, -0.15) is 5.10 Å². The molecule has 0 heterocycles. The number of amides is 1. The number of rotatable bonds is 5. The number of phenols is 1. The van der Waals surface area contributed by atoms with E-state index in [0.717, 1.165) is 20.8 Å². The maximum absolute atomic E-state index is 12.2. The van der Waals surface area contributed by atoms with E-state index in [9.17, 15) is 20.0 Å². The average molecular weight is 428 g/mol. The first-order valence-electron chi connectivity index (χ1n) is 7.92. The number of halogens is 1. The van der Waals surface area contributed by atoms with Crippen molar-refractivity contribution in [1.29, 1.82) is 0 Å². The standard InChI is InChI=1S/C19H14BrN3O4/c20-16-9-8-12(14-5-1-2-6-15(14)16)10-18(24)22-21-11-13-4-3-7-17(19(13)25)23(26)27/h1-9,11,25H,10H2,(H,22,24)/b21-11-. The minimum atomic E-state index is -0.691. The van der Waals surface area contributed by atoms with Crippen molar-refractivity contribution in [1.82, 2.24) is 5.43 Å². The summed E-state index contributed by atoms with van der Waals surface area (Å²) >= 11 is 3.49. The van der Waals surface area contributed by atoms with Gasteiger partial charge in [-0.3, -0.25) is 14.9 Å². The van der Waals surface area contributed by atoms with Gasteiger partial charge in [0.15, 0.2) is 0 Å². The van der Waals surface area contributed by atoms with E-state index in [1.165, 1.54) is 24.4 Å². The Balaban J connectivity index is 1.73. The number of phenolic OH excluding ortho intramolecular Hbond substituents is 1. The van der Waals surface area contributed by atoms with Gasteiger partial charge >= 0.3 is 5.69 Å². The highest BCUT2D eigenvalue weighted by Gasteiger charge is 2.15. The van der Waals surface area contributed by atoms with Crippen LogP contribution in [0.2, 0.25) is 0 Å². The van der Waals surface area contributed by atoms with Crippen LogP contribution < -0.4 is 5.43 Å². The number of hydrazone groups is 1. The van der Waals surface area contributed by atoms with Gasteiger partial charge in [-0.25, -0.2) is 5.43 Å². The third kappa shape index (κ3) is 4.12. The van der Waals surface area contributed by atoms with Crippen LogP contribution in [0.15, 0.2) is 64.2 Å². The number of nitro groups is 1. The molecule has 8 heteroatoms. The highest BCUT2D eigenvalue weighted by molar-refractivity contribution is 9.10. The Bertz CT molecular complexity index is 1070. The molecule has 0 unspecified atom stereocenters. The smallest absolute Gasteiger partial charge is 0.311 e. The van der Waals surface area contributed by atoms with Crippen molar-refractivity contribution in [2.45, 2.75) is 6.42 Å². The van der Waals surface area contributed by atoms with Gasteiger partial charge in [0, 0.05) is 16.1 Å². The van der Waals surface area contributed by atoms with Crippen LogP contribution in [-0.2, 0) is 11.2 Å². The first-order valence-corrected chi connectivity index (χ1v) is 8.71. The molecule has 0 fully saturated rings. The topological polar surface area (TPSA) is 105 Å². The normalized spacial score (nSPS) is 11.0. The Morgan fingerprint density at radius 2 is 1.89 bits per heavy atom. The van der Waals surface area contributed by atoms with E-state index < -0.39 is 16.4 Å². The Morgan fingerprint density at radius 3 is 2.63 bits per heavy atom. The van der Waals surface area contributed by atoms with Crippen molar-refractivity contribution >= 4 is 44.5 Å². The zero-order chi connectivity index (χ0) is 19.4. The fourth-order valence-corrected chi connectivity index (χ4v) is 3.14. The quantitative estimate of drug-likeness (QED) is 0.365. The van der Waals surface area contributed by atoms with Gasteiger partial charge in [0.05, 0.1) is 17.6 Å². The van der Waals surface area contributed by atoms with Crippen LogP contribution in [0.4, 0.5) is 5.69 Å². The molecule has 0 radical (unpaired) electrons. The van der Waals surface area contributed by atoms with Gasteiger partial charge in [-0.1, -0.05) is 52.3 Å². The average Bonchev–Trinajstić information content (AvgIpc) is 2.65. The van der Waals surface area contributed by atoms with Crippen LogP contribution in [-0.4, -0.2) is 22.2 Å². The zero-order valence-corrected chi connectivity index (χ0v) is 15.5. The number of hydrogen-bond donors (Lipinski definition) is 2. The number of nitro benzene ring substituents is 1. The Morgan fingerprint density at radius 1 is 1.15 bits per heavy atom. The van der Waals surface area contributed by atoms with Crippen molar-refractivity contribution in [2.24, 2.45) is 5.10 Å². The first kappa shape index (κ1) is 18.5. The third-order valence-electron chi connectivity index (χ3n) is 3.95. The molecule has 1 amide bonds. The van der Waals surface area contributed by atoms with Crippen LogP contribution >= 0.6 is 15.9 Å². The summed E-state index contributed by atoms with van der Waals surface area (Å²) in [6.07, 6.45) is 1.28. The number of hydrogen-bond acceptors (Lipinski definition) is 5. The number of carbonyl (C=O) groups is 1. The van der Waals surface area contributed by atoms with Gasteiger partial charge in [-0.15, -0.1) is 0 Å². The minimum absolute atomic E-state index is 0.117. The van der Waals surface area contributed by atoms with E-state index in [4.69, 9.17) is 0 Å². The van der Waals surface area contributed by atoms with Crippen LogP contribution in [0, 0.1) is 10.1 Å². The largest absolute Gasteiger partial charge is 0.502 e. The van der Waals surface area contributed by atoms with Crippen LogP contribution in [0.3, 0.4) is 0 Å². The molecule has 0 aromatic heterocycles. The summed E-state index contributed by atoms with van der Waals surface area (Å²) in [5, 5.41) is 26.4. The van der Waals surface area contributed by atoms with Gasteiger partial charge in [-0.05, 0) is 28.5 Å². The molecule has 0 aliphatic rings. The second-order valence-electron chi connectivity index (χ2n) is 5.69. The van der Waals surface area contributed by atoms with Crippen LogP contribution in [0.1, 0.15) is 11.1 Å².